The number of benzene rings is 1. The fourth-order valence-electron chi connectivity index (χ4n) is 1.55. The molecule has 4 heteroatoms. The van der Waals surface area contributed by atoms with Gasteiger partial charge in [0.05, 0.1) is 12.5 Å². The first kappa shape index (κ1) is 14.8. The van der Waals surface area contributed by atoms with Gasteiger partial charge in [0.1, 0.15) is 5.78 Å². The third-order valence-corrected chi connectivity index (χ3v) is 2.49. The van der Waals surface area contributed by atoms with E-state index in [1.807, 2.05) is 0 Å². The lowest BCUT2D eigenvalue weighted by atomic mass is 9.94. The summed E-state index contributed by atoms with van der Waals surface area (Å²) < 4.78 is 4.71. The largest absolute Gasteiger partial charge is 0.463 e. The van der Waals surface area contributed by atoms with Gasteiger partial charge in [-0.25, -0.2) is 4.79 Å². The van der Waals surface area contributed by atoms with Crippen LogP contribution >= 0.6 is 0 Å². The average molecular weight is 260 g/mol. The van der Waals surface area contributed by atoms with Gasteiger partial charge in [0, 0.05) is 11.6 Å². The van der Waals surface area contributed by atoms with Gasteiger partial charge in [0.15, 0.2) is 5.78 Å². The van der Waals surface area contributed by atoms with E-state index in [4.69, 9.17) is 4.74 Å². The lowest BCUT2D eigenvalue weighted by Crippen LogP contribution is -2.20. The molecule has 0 radical (unpaired) electrons. The van der Waals surface area contributed by atoms with Crippen LogP contribution in [0.1, 0.15) is 24.2 Å². The van der Waals surface area contributed by atoms with Gasteiger partial charge < -0.3 is 4.74 Å². The fourth-order valence-corrected chi connectivity index (χ4v) is 1.55. The molecule has 19 heavy (non-hydrogen) atoms. The van der Waals surface area contributed by atoms with Gasteiger partial charge >= 0.3 is 5.97 Å². The predicted molar refractivity (Wildman–Crippen MR) is 70.7 cm³/mol. The Balaban J connectivity index is 2.87. The highest BCUT2D eigenvalue weighted by Crippen LogP contribution is 2.11. The quantitative estimate of drug-likeness (QED) is 0.340. The number of carbonyl (C=O) groups excluding carboxylic acids is 3. The molecule has 1 rings (SSSR count). The molecule has 0 heterocycles. The van der Waals surface area contributed by atoms with Crippen LogP contribution in [0.15, 0.2) is 42.5 Å². The molecule has 0 spiro atoms. The first-order valence-electron chi connectivity index (χ1n) is 6.01. The molecule has 0 amide bonds. The Labute approximate surface area is 112 Å². The topological polar surface area (TPSA) is 60.4 Å². The van der Waals surface area contributed by atoms with Crippen LogP contribution in [-0.4, -0.2) is 24.1 Å². The average Bonchev–Trinajstić information content (AvgIpc) is 2.39. The molecule has 0 bridgehead atoms. The molecule has 0 saturated carbocycles. The molecule has 0 N–H and O–H groups in total. The molecular formula is C15H16O4. The number of ether oxygens (including phenoxy) is 1. The summed E-state index contributed by atoms with van der Waals surface area (Å²) in [4.78, 5) is 34.8. The van der Waals surface area contributed by atoms with Gasteiger partial charge in [0.2, 0.25) is 0 Å². The summed E-state index contributed by atoms with van der Waals surface area (Å²) in [6, 6.07) is 8.50. The normalized spacial score (nSPS) is 12.1. The monoisotopic (exact) mass is 260 g/mol. The standard InChI is InChI=1S/C15H16O4/c1-3-19-14(17)10-9-13(11(2)16)15(18)12-7-5-4-6-8-12/h4-10,13H,3H2,1-2H3/b10-9+. The third kappa shape index (κ3) is 4.50. The fraction of sp³-hybridized carbons (Fsp3) is 0.267. The van der Waals surface area contributed by atoms with Gasteiger partial charge in [0.25, 0.3) is 0 Å². The number of allylic oxidation sites excluding steroid dienone is 1. The van der Waals surface area contributed by atoms with E-state index in [0.29, 0.717) is 5.56 Å². The van der Waals surface area contributed by atoms with Crippen molar-refractivity contribution in [2.45, 2.75) is 13.8 Å². The van der Waals surface area contributed by atoms with E-state index in [9.17, 15) is 14.4 Å². The number of Topliss-reactive ketones (excluding diaryl/α,β-unsaturated/α-hetero) is 2. The van der Waals surface area contributed by atoms with Crippen LogP contribution in [0.25, 0.3) is 0 Å². The first-order chi connectivity index (χ1) is 9.06. The Morgan fingerprint density at radius 1 is 1.21 bits per heavy atom. The van der Waals surface area contributed by atoms with E-state index < -0.39 is 11.9 Å². The van der Waals surface area contributed by atoms with Crippen LogP contribution in [-0.2, 0) is 14.3 Å². The summed E-state index contributed by atoms with van der Waals surface area (Å²) in [5.41, 5.74) is 0.441. The van der Waals surface area contributed by atoms with Crippen molar-refractivity contribution in [1.82, 2.24) is 0 Å². The van der Waals surface area contributed by atoms with Crippen LogP contribution in [0.3, 0.4) is 0 Å². The second-order valence-electron chi connectivity index (χ2n) is 3.93. The Hall–Kier alpha value is -2.23. The molecule has 1 atom stereocenters. The maximum absolute atomic E-state index is 12.1. The molecule has 1 unspecified atom stereocenters. The zero-order chi connectivity index (χ0) is 14.3. The van der Waals surface area contributed by atoms with Crippen LogP contribution in [0, 0.1) is 5.92 Å². The predicted octanol–water partition coefficient (Wildman–Crippen LogP) is 2.19. The van der Waals surface area contributed by atoms with Crippen LogP contribution in [0.4, 0.5) is 0 Å². The number of hydrogen-bond donors (Lipinski definition) is 0. The van der Waals surface area contributed by atoms with Crippen LogP contribution < -0.4 is 0 Å². The molecule has 4 nitrogen and oxygen atoms in total. The maximum atomic E-state index is 12.1. The van der Waals surface area contributed by atoms with Crippen molar-refractivity contribution in [2.24, 2.45) is 5.92 Å². The highest BCUT2D eigenvalue weighted by Gasteiger charge is 2.21. The summed E-state index contributed by atoms with van der Waals surface area (Å²) >= 11 is 0. The number of ketones is 2. The van der Waals surface area contributed by atoms with Crippen molar-refractivity contribution >= 4 is 17.5 Å². The summed E-state index contributed by atoms with van der Waals surface area (Å²) in [5.74, 6) is -2.15. The van der Waals surface area contributed by atoms with Crippen molar-refractivity contribution < 1.29 is 19.1 Å². The number of hydrogen-bond acceptors (Lipinski definition) is 4. The molecule has 0 saturated heterocycles. The second kappa shape index (κ2) is 7.26. The van der Waals surface area contributed by atoms with Gasteiger partial charge in [-0.15, -0.1) is 0 Å². The van der Waals surface area contributed by atoms with E-state index >= 15 is 0 Å². The Bertz CT molecular complexity index is 488. The molecule has 0 aromatic heterocycles. The van der Waals surface area contributed by atoms with E-state index in [1.165, 1.54) is 13.0 Å². The van der Waals surface area contributed by atoms with E-state index in [2.05, 4.69) is 0 Å². The lowest BCUT2D eigenvalue weighted by molar-refractivity contribution is -0.137. The summed E-state index contributed by atoms with van der Waals surface area (Å²) in [7, 11) is 0. The van der Waals surface area contributed by atoms with Crippen molar-refractivity contribution in [3.63, 3.8) is 0 Å². The minimum atomic E-state index is -0.952. The highest BCUT2D eigenvalue weighted by molar-refractivity contribution is 6.11. The molecule has 1 aromatic rings. The molecule has 0 fully saturated rings. The molecule has 0 aliphatic carbocycles. The minimum absolute atomic E-state index is 0.251. The number of esters is 1. The highest BCUT2D eigenvalue weighted by atomic mass is 16.5. The molecule has 100 valence electrons. The van der Waals surface area contributed by atoms with Crippen molar-refractivity contribution in [1.29, 1.82) is 0 Å². The van der Waals surface area contributed by atoms with Gasteiger partial charge in [-0.2, -0.15) is 0 Å². The van der Waals surface area contributed by atoms with Gasteiger partial charge in [-0.05, 0) is 13.8 Å². The lowest BCUT2D eigenvalue weighted by Gasteiger charge is -2.07. The SMILES string of the molecule is CCOC(=O)/C=C/C(C(C)=O)C(=O)c1ccccc1. The zero-order valence-electron chi connectivity index (χ0n) is 11.0. The van der Waals surface area contributed by atoms with Crippen LogP contribution in [0.2, 0.25) is 0 Å². The number of rotatable bonds is 6. The van der Waals surface area contributed by atoms with Gasteiger partial charge in [-0.3, -0.25) is 9.59 Å². The maximum Gasteiger partial charge on any atom is 0.330 e. The Morgan fingerprint density at radius 3 is 2.37 bits per heavy atom. The Kier molecular flexibility index (Phi) is 5.67. The first-order valence-corrected chi connectivity index (χ1v) is 6.01. The zero-order valence-corrected chi connectivity index (χ0v) is 11.0. The van der Waals surface area contributed by atoms with Gasteiger partial charge in [-0.1, -0.05) is 36.4 Å². The smallest absolute Gasteiger partial charge is 0.330 e. The van der Waals surface area contributed by atoms with Crippen molar-refractivity contribution in [2.75, 3.05) is 6.61 Å². The van der Waals surface area contributed by atoms with Crippen molar-refractivity contribution in [3.8, 4) is 0 Å². The molecule has 1 aromatic carbocycles. The summed E-state index contributed by atoms with van der Waals surface area (Å²) in [5, 5.41) is 0. The van der Waals surface area contributed by atoms with E-state index in [1.54, 1.807) is 37.3 Å². The molecule has 0 aliphatic rings. The van der Waals surface area contributed by atoms with E-state index in [0.717, 1.165) is 6.08 Å². The third-order valence-electron chi connectivity index (χ3n) is 2.49. The summed E-state index contributed by atoms with van der Waals surface area (Å²) in [6.45, 7) is 3.25. The van der Waals surface area contributed by atoms with Crippen LogP contribution in [0.5, 0.6) is 0 Å². The Morgan fingerprint density at radius 2 is 1.84 bits per heavy atom. The number of carbonyl (C=O) groups is 3. The summed E-state index contributed by atoms with van der Waals surface area (Å²) in [6.07, 6.45) is 2.41. The van der Waals surface area contributed by atoms with E-state index in [-0.39, 0.29) is 18.2 Å². The molecule has 0 aliphatic heterocycles. The second-order valence-corrected chi connectivity index (χ2v) is 3.93. The minimum Gasteiger partial charge on any atom is -0.463 e. The molecular weight excluding hydrogens is 244 g/mol. The van der Waals surface area contributed by atoms with Crippen molar-refractivity contribution in [3.05, 3.63) is 48.0 Å².